The predicted octanol–water partition coefficient (Wildman–Crippen LogP) is 2.42. The average molecular weight is 309 g/mol. The Labute approximate surface area is 130 Å². The molecule has 2 unspecified atom stereocenters. The molecule has 1 aliphatic carbocycles. The highest BCUT2D eigenvalue weighted by atomic mass is 32.2. The minimum Gasteiger partial charge on any atom is -0.465 e. The van der Waals surface area contributed by atoms with Gasteiger partial charge in [-0.3, -0.25) is 4.79 Å². The van der Waals surface area contributed by atoms with Crippen molar-refractivity contribution in [3.05, 3.63) is 18.5 Å². The SMILES string of the molecule is CCCNC1(C(=O)OCC)CCC(Sc2ncccn2)C1. The highest BCUT2D eigenvalue weighted by Crippen LogP contribution is 2.39. The zero-order valence-electron chi connectivity index (χ0n) is 12.7. The Morgan fingerprint density at radius 2 is 2.24 bits per heavy atom. The summed E-state index contributed by atoms with van der Waals surface area (Å²) >= 11 is 1.65. The molecular formula is C15H23N3O2S. The van der Waals surface area contributed by atoms with Crippen LogP contribution in [-0.4, -0.2) is 39.9 Å². The Balaban J connectivity index is 2.01. The molecule has 0 spiro atoms. The second-order valence-electron chi connectivity index (χ2n) is 5.24. The van der Waals surface area contributed by atoms with E-state index in [-0.39, 0.29) is 5.97 Å². The number of esters is 1. The quantitative estimate of drug-likeness (QED) is 0.616. The summed E-state index contributed by atoms with van der Waals surface area (Å²) < 4.78 is 5.28. The molecule has 1 aromatic rings. The van der Waals surface area contributed by atoms with Gasteiger partial charge in [-0.2, -0.15) is 0 Å². The molecule has 5 nitrogen and oxygen atoms in total. The molecule has 1 saturated carbocycles. The maximum atomic E-state index is 12.3. The monoisotopic (exact) mass is 309 g/mol. The molecule has 1 aromatic heterocycles. The topological polar surface area (TPSA) is 64.1 Å². The van der Waals surface area contributed by atoms with Crippen LogP contribution in [0.4, 0.5) is 0 Å². The van der Waals surface area contributed by atoms with Crippen molar-refractivity contribution in [3.63, 3.8) is 0 Å². The molecular weight excluding hydrogens is 286 g/mol. The minimum absolute atomic E-state index is 0.115. The first kappa shape index (κ1) is 16.2. The number of rotatable bonds is 7. The van der Waals surface area contributed by atoms with E-state index in [2.05, 4.69) is 22.2 Å². The van der Waals surface area contributed by atoms with Crippen molar-refractivity contribution >= 4 is 17.7 Å². The van der Waals surface area contributed by atoms with E-state index in [1.807, 2.05) is 13.0 Å². The number of carbonyl (C=O) groups is 1. The number of hydrogen-bond donors (Lipinski definition) is 1. The molecule has 116 valence electrons. The average Bonchev–Trinajstić information content (AvgIpc) is 2.91. The zero-order chi connectivity index (χ0) is 15.1. The summed E-state index contributed by atoms with van der Waals surface area (Å²) in [6.07, 6.45) is 7.06. The molecule has 0 aromatic carbocycles. The van der Waals surface area contributed by atoms with Crippen LogP contribution in [0, 0.1) is 0 Å². The number of hydrogen-bond acceptors (Lipinski definition) is 6. The van der Waals surface area contributed by atoms with Gasteiger partial charge in [0.05, 0.1) is 6.61 Å². The van der Waals surface area contributed by atoms with Gasteiger partial charge >= 0.3 is 5.97 Å². The van der Waals surface area contributed by atoms with E-state index in [0.717, 1.165) is 37.4 Å². The largest absolute Gasteiger partial charge is 0.465 e. The third-order valence-corrected chi connectivity index (χ3v) is 4.82. The van der Waals surface area contributed by atoms with Gasteiger partial charge in [-0.25, -0.2) is 9.97 Å². The molecule has 1 fully saturated rings. The van der Waals surface area contributed by atoms with Crippen molar-refractivity contribution < 1.29 is 9.53 Å². The predicted molar refractivity (Wildman–Crippen MR) is 83.2 cm³/mol. The standard InChI is InChI=1S/C15H23N3O2S/c1-3-8-18-15(13(19)20-4-2)7-6-12(11-15)21-14-16-9-5-10-17-14/h5,9-10,12,18H,3-4,6-8,11H2,1-2H3. The molecule has 2 atom stereocenters. The van der Waals surface area contributed by atoms with Crippen molar-refractivity contribution in [2.75, 3.05) is 13.2 Å². The first-order valence-electron chi connectivity index (χ1n) is 7.56. The van der Waals surface area contributed by atoms with Gasteiger partial charge in [0.15, 0.2) is 5.16 Å². The summed E-state index contributed by atoms with van der Waals surface area (Å²) in [6.45, 7) is 5.21. The maximum Gasteiger partial charge on any atom is 0.326 e. The highest BCUT2D eigenvalue weighted by Gasteiger charge is 2.46. The first-order valence-corrected chi connectivity index (χ1v) is 8.44. The van der Waals surface area contributed by atoms with Gasteiger partial charge in [-0.05, 0) is 45.2 Å². The van der Waals surface area contributed by atoms with Gasteiger partial charge in [0.25, 0.3) is 0 Å². The number of nitrogens with zero attached hydrogens (tertiary/aromatic N) is 2. The molecule has 0 radical (unpaired) electrons. The van der Waals surface area contributed by atoms with Crippen LogP contribution in [0.25, 0.3) is 0 Å². The van der Waals surface area contributed by atoms with Crippen LogP contribution in [0.2, 0.25) is 0 Å². The maximum absolute atomic E-state index is 12.3. The van der Waals surface area contributed by atoms with Gasteiger partial charge in [0.2, 0.25) is 0 Å². The molecule has 2 rings (SSSR count). The van der Waals surface area contributed by atoms with Crippen LogP contribution >= 0.6 is 11.8 Å². The lowest BCUT2D eigenvalue weighted by Gasteiger charge is -2.28. The number of aromatic nitrogens is 2. The second kappa shape index (κ2) is 7.75. The molecule has 6 heteroatoms. The Kier molecular flexibility index (Phi) is 5.99. The van der Waals surface area contributed by atoms with E-state index in [0.29, 0.717) is 11.9 Å². The molecule has 1 N–H and O–H groups in total. The van der Waals surface area contributed by atoms with E-state index in [9.17, 15) is 4.79 Å². The van der Waals surface area contributed by atoms with E-state index < -0.39 is 5.54 Å². The van der Waals surface area contributed by atoms with Gasteiger partial charge in [0, 0.05) is 17.6 Å². The summed E-state index contributed by atoms with van der Waals surface area (Å²) in [4.78, 5) is 20.8. The van der Waals surface area contributed by atoms with Crippen LogP contribution in [0.5, 0.6) is 0 Å². The van der Waals surface area contributed by atoms with Gasteiger partial charge < -0.3 is 10.1 Å². The van der Waals surface area contributed by atoms with Crippen molar-refractivity contribution in [2.45, 2.75) is 55.5 Å². The van der Waals surface area contributed by atoms with Crippen molar-refractivity contribution in [1.29, 1.82) is 0 Å². The highest BCUT2D eigenvalue weighted by molar-refractivity contribution is 7.99. The molecule has 1 heterocycles. The van der Waals surface area contributed by atoms with Crippen LogP contribution in [0.15, 0.2) is 23.6 Å². The van der Waals surface area contributed by atoms with Crippen molar-refractivity contribution in [3.8, 4) is 0 Å². The lowest BCUT2D eigenvalue weighted by Crippen LogP contribution is -2.51. The summed E-state index contributed by atoms with van der Waals surface area (Å²) in [5, 5.41) is 4.54. The molecule has 0 saturated heterocycles. The first-order chi connectivity index (χ1) is 10.2. The van der Waals surface area contributed by atoms with Gasteiger partial charge in [0.1, 0.15) is 5.54 Å². The van der Waals surface area contributed by atoms with E-state index in [4.69, 9.17) is 4.74 Å². The van der Waals surface area contributed by atoms with Crippen molar-refractivity contribution in [1.82, 2.24) is 15.3 Å². The summed E-state index contributed by atoms with van der Waals surface area (Å²) in [5.41, 5.74) is -0.529. The fraction of sp³-hybridized carbons (Fsp3) is 0.667. The minimum atomic E-state index is -0.529. The lowest BCUT2D eigenvalue weighted by atomic mass is 9.97. The van der Waals surface area contributed by atoms with Crippen LogP contribution in [-0.2, 0) is 9.53 Å². The fourth-order valence-electron chi connectivity index (χ4n) is 2.65. The molecule has 0 amide bonds. The van der Waals surface area contributed by atoms with E-state index in [1.165, 1.54) is 0 Å². The molecule has 1 aliphatic rings. The van der Waals surface area contributed by atoms with Crippen LogP contribution < -0.4 is 5.32 Å². The van der Waals surface area contributed by atoms with Crippen LogP contribution in [0.3, 0.4) is 0 Å². The molecule has 21 heavy (non-hydrogen) atoms. The smallest absolute Gasteiger partial charge is 0.326 e. The molecule has 0 aliphatic heterocycles. The van der Waals surface area contributed by atoms with Crippen molar-refractivity contribution in [2.24, 2.45) is 0 Å². The summed E-state index contributed by atoms with van der Waals surface area (Å²) in [5.74, 6) is -0.115. The summed E-state index contributed by atoms with van der Waals surface area (Å²) in [7, 11) is 0. The molecule has 0 bridgehead atoms. The van der Waals surface area contributed by atoms with Gasteiger partial charge in [-0.15, -0.1) is 0 Å². The van der Waals surface area contributed by atoms with Gasteiger partial charge in [-0.1, -0.05) is 18.7 Å². The van der Waals surface area contributed by atoms with E-state index in [1.54, 1.807) is 24.2 Å². The third-order valence-electron chi connectivity index (χ3n) is 3.66. The van der Waals surface area contributed by atoms with Crippen LogP contribution in [0.1, 0.15) is 39.5 Å². The second-order valence-corrected chi connectivity index (χ2v) is 6.51. The number of carbonyl (C=O) groups excluding carboxylic acids is 1. The number of thioether (sulfide) groups is 1. The normalized spacial score (nSPS) is 25.0. The third kappa shape index (κ3) is 4.17. The fourth-order valence-corrected chi connectivity index (χ4v) is 3.79. The number of nitrogens with one attached hydrogen (secondary N) is 1. The van der Waals surface area contributed by atoms with E-state index >= 15 is 0 Å². The zero-order valence-corrected chi connectivity index (χ0v) is 13.5. The Morgan fingerprint density at radius 1 is 1.48 bits per heavy atom. The Hall–Kier alpha value is -1.14. The Bertz CT molecular complexity index is 457. The Morgan fingerprint density at radius 3 is 2.90 bits per heavy atom. The lowest BCUT2D eigenvalue weighted by molar-refractivity contribution is -0.151. The summed E-state index contributed by atoms with van der Waals surface area (Å²) in [6, 6.07) is 1.81. The number of ether oxygens (including phenoxy) is 1.